The van der Waals surface area contributed by atoms with Gasteiger partial charge in [0.1, 0.15) is 5.82 Å². The molecular weight excluding hydrogens is 190 g/mol. The van der Waals surface area contributed by atoms with Crippen molar-refractivity contribution in [3.63, 3.8) is 0 Å². The van der Waals surface area contributed by atoms with E-state index in [0.717, 1.165) is 16.7 Å². The Labute approximate surface area is 80.2 Å². The van der Waals surface area contributed by atoms with Crippen LogP contribution in [0.2, 0.25) is 0 Å². The average molecular weight is 201 g/mol. The van der Waals surface area contributed by atoms with E-state index in [-0.39, 0.29) is 6.29 Å². The van der Waals surface area contributed by atoms with E-state index in [4.69, 9.17) is 9.47 Å². The Morgan fingerprint density at radius 3 is 2.92 bits per heavy atom. The number of H-pyrrole nitrogens is 1. The molecule has 0 atom stereocenters. The highest BCUT2D eigenvalue weighted by Crippen LogP contribution is 2.17. The van der Waals surface area contributed by atoms with Crippen LogP contribution in [0.3, 0.4) is 0 Å². The molecule has 2 rings (SSSR count). The van der Waals surface area contributed by atoms with Crippen molar-refractivity contribution in [3.8, 4) is 0 Å². The molecule has 0 saturated carbocycles. The quantitative estimate of drug-likeness (QED) is 0.725. The monoisotopic (exact) mass is 201 g/mol. The number of aryl methyl sites for hydroxylation is 1. The van der Waals surface area contributed by atoms with Crippen LogP contribution in [0.25, 0.3) is 0 Å². The van der Waals surface area contributed by atoms with E-state index in [0.29, 0.717) is 13.2 Å². The van der Waals surface area contributed by atoms with Gasteiger partial charge >= 0.3 is 0 Å². The van der Waals surface area contributed by atoms with Crippen LogP contribution in [-0.4, -0.2) is 40.4 Å². The number of ether oxygens (including phenoxy) is 2. The second-order valence-electron chi connectivity index (χ2n) is 2.69. The zero-order valence-electron chi connectivity index (χ0n) is 7.32. The highest BCUT2D eigenvalue weighted by atomic mass is 32.2. The molecule has 0 spiro atoms. The van der Waals surface area contributed by atoms with E-state index in [1.807, 2.05) is 6.92 Å². The Kier molecular flexibility index (Phi) is 2.82. The van der Waals surface area contributed by atoms with Gasteiger partial charge in [0.25, 0.3) is 0 Å². The molecule has 1 aliphatic heterocycles. The van der Waals surface area contributed by atoms with Crippen molar-refractivity contribution in [2.45, 2.75) is 18.4 Å². The highest BCUT2D eigenvalue weighted by molar-refractivity contribution is 7.99. The third-order valence-corrected chi connectivity index (χ3v) is 2.50. The molecule has 0 unspecified atom stereocenters. The Balaban J connectivity index is 1.78. The number of thioether (sulfide) groups is 1. The first-order chi connectivity index (χ1) is 6.34. The van der Waals surface area contributed by atoms with Gasteiger partial charge in [-0.15, -0.1) is 5.10 Å². The van der Waals surface area contributed by atoms with Gasteiger partial charge in [-0.25, -0.2) is 4.98 Å². The summed E-state index contributed by atoms with van der Waals surface area (Å²) in [6.45, 7) is 3.26. The number of hydrogen-bond donors (Lipinski definition) is 1. The lowest BCUT2D eigenvalue weighted by Gasteiger charge is -2.05. The molecule has 1 saturated heterocycles. The number of nitrogens with one attached hydrogen (secondary N) is 1. The summed E-state index contributed by atoms with van der Waals surface area (Å²) < 4.78 is 10.5. The maximum atomic E-state index is 5.27. The number of nitrogens with zero attached hydrogens (tertiary/aromatic N) is 2. The molecule has 6 heteroatoms. The summed E-state index contributed by atoms with van der Waals surface area (Å²) in [5.74, 6) is 1.58. The molecule has 1 fully saturated rings. The third-order valence-electron chi connectivity index (χ3n) is 1.62. The van der Waals surface area contributed by atoms with Gasteiger partial charge in [0.2, 0.25) is 5.16 Å². The predicted molar refractivity (Wildman–Crippen MR) is 47.5 cm³/mol. The maximum Gasteiger partial charge on any atom is 0.208 e. The molecule has 13 heavy (non-hydrogen) atoms. The van der Waals surface area contributed by atoms with E-state index in [1.54, 1.807) is 0 Å². The summed E-state index contributed by atoms with van der Waals surface area (Å²) in [4.78, 5) is 4.16. The number of hydrogen-bond acceptors (Lipinski definition) is 5. The van der Waals surface area contributed by atoms with Crippen LogP contribution >= 0.6 is 11.8 Å². The van der Waals surface area contributed by atoms with Crippen molar-refractivity contribution >= 4 is 11.8 Å². The van der Waals surface area contributed by atoms with E-state index >= 15 is 0 Å². The van der Waals surface area contributed by atoms with Gasteiger partial charge in [0.05, 0.1) is 19.0 Å². The fraction of sp³-hybridized carbons (Fsp3) is 0.714. The van der Waals surface area contributed by atoms with Crippen LogP contribution in [0.15, 0.2) is 5.16 Å². The molecule has 1 aromatic rings. The normalized spacial score (nSPS) is 18.2. The largest absolute Gasteiger partial charge is 0.349 e. The van der Waals surface area contributed by atoms with Crippen molar-refractivity contribution in [1.29, 1.82) is 0 Å². The van der Waals surface area contributed by atoms with Crippen LogP contribution in [0.1, 0.15) is 5.82 Å². The lowest BCUT2D eigenvalue weighted by molar-refractivity contribution is -0.0215. The van der Waals surface area contributed by atoms with Gasteiger partial charge in [0, 0.05) is 0 Å². The minimum absolute atomic E-state index is 0.0937. The standard InChI is InChI=1S/C7H11N3O2S/c1-5-8-7(10-9-5)13-4-6-11-2-3-12-6/h6H,2-4H2,1H3,(H,8,9,10). The second-order valence-corrected chi connectivity index (χ2v) is 3.67. The van der Waals surface area contributed by atoms with E-state index in [1.165, 1.54) is 11.8 Å². The summed E-state index contributed by atoms with van der Waals surface area (Å²) in [7, 11) is 0. The molecule has 1 N–H and O–H groups in total. The average Bonchev–Trinajstić information content (AvgIpc) is 2.71. The summed E-state index contributed by atoms with van der Waals surface area (Å²) in [5, 5.41) is 7.52. The molecule has 0 radical (unpaired) electrons. The van der Waals surface area contributed by atoms with Crippen LogP contribution in [0.5, 0.6) is 0 Å². The molecule has 0 aromatic carbocycles. The van der Waals surface area contributed by atoms with Gasteiger partial charge in [-0.2, -0.15) is 0 Å². The minimum Gasteiger partial charge on any atom is -0.349 e. The van der Waals surface area contributed by atoms with Gasteiger partial charge in [-0.1, -0.05) is 11.8 Å². The van der Waals surface area contributed by atoms with E-state index in [2.05, 4.69) is 15.2 Å². The van der Waals surface area contributed by atoms with Gasteiger partial charge in [0.15, 0.2) is 6.29 Å². The van der Waals surface area contributed by atoms with Crippen molar-refractivity contribution in [2.75, 3.05) is 19.0 Å². The lowest BCUT2D eigenvalue weighted by Crippen LogP contribution is -2.10. The molecule has 0 aliphatic carbocycles. The number of aromatic amines is 1. The molecule has 0 amide bonds. The Morgan fingerprint density at radius 2 is 2.31 bits per heavy atom. The summed E-state index contributed by atoms with van der Waals surface area (Å²) in [6.07, 6.45) is -0.0937. The van der Waals surface area contributed by atoms with Crippen molar-refractivity contribution in [2.24, 2.45) is 0 Å². The smallest absolute Gasteiger partial charge is 0.208 e. The molecule has 5 nitrogen and oxygen atoms in total. The number of aromatic nitrogens is 3. The van der Waals surface area contributed by atoms with Crippen molar-refractivity contribution in [3.05, 3.63) is 5.82 Å². The maximum absolute atomic E-state index is 5.27. The van der Waals surface area contributed by atoms with Crippen LogP contribution in [0.4, 0.5) is 0 Å². The minimum atomic E-state index is -0.0937. The van der Waals surface area contributed by atoms with E-state index in [9.17, 15) is 0 Å². The first kappa shape index (κ1) is 8.98. The lowest BCUT2D eigenvalue weighted by atomic mass is 10.8. The fourth-order valence-electron chi connectivity index (χ4n) is 1.03. The third kappa shape index (κ3) is 2.43. The van der Waals surface area contributed by atoms with Gasteiger partial charge < -0.3 is 9.47 Å². The second kappa shape index (κ2) is 4.08. The van der Waals surface area contributed by atoms with Gasteiger partial charge in [-0.3, -0.25) is 5.10 Å². The van der Waals surface area contributed by atoms with E-state index < -0.39 is 0 Å². The first-order valence-corrected chi connectivity index (χ1v) is 5.08. The zero-order chi connectivity index (χ0) is 9.10. The summed E-state index contributed by atoms with van der Waals surface area (Å²) in [6, 6.07) is 0. The topological polar surface area (TPSA) is 60.0 Å². The molecular formula is C7H11N3O2S. The molecule has 1 aliphatic rings. The summed E-state index contributed by atoms with van der Waals surface area (Å²) >= 11 is 1.54. The van der Waals surface area contributed by atoms with Crippen LogP contribution < -0.4 is 0 Å². The number of rotatable bonds is 3. The molecule has 2 heterocycles. The molecule has 1 aromatic heterocycles. The fourth-order valence-corrected chi connectivity index (χ4v) is 1.82. The molecule has 72 valence electrons. The van der Waals surface area contributed by atoms with Gasteiger partial charge in [-0.05, 0) is 6.92 Å². The zero-order valence-corrected chi connectivity index (χ0v) is 8.13. The molecule has 0 bridgehead atoms. The van der Waals surface area contributed by atoms with Crippen molar-refractivity contribution < 1.29 is 9.47 Å². The Morgan fingerprint density at radius 1 is 1.54 bits per heavy atom. The van der Waals surface area contributed by atoms with Crippen LogP contribution in [0, 0.1) is 6.92 Å². The van der Waals surface area contributed by atoms with Crippen LogP contribution in [-0.2, 0) is 9.47 Å². The van der Waals surface area contributed by atoms with Crippen molar-refractivity contribution in [1.82, 2.24) is 15.2 Å². The summed E-state index contributed by atoms with van der Waals surface area (Å²) in [5.41, 5.74) is 0. The Hall–Kier alpha value is -0.590. The Bertz CT molecular complexity index is 272. The first-order valence-electron chi connectivity index (χ1n) is 4.09. The predicted octanol–water partition coefficient (Wildman–Crippen LogP) is 0.578. The highest BCUT2D eigenvalue weighted by Gasteiger charge is 2.16. The SMILES string of the molecule is Cc1nc(SCC2OCCO2)n[nH]1.